The van der Waals surface area contributed by atoms with Crippen LogP contribution in [0.1, 0.15) is 0 Å². The smallest absolute Gasteiger partial charge is 0.472 e. The molecule has 0 aromatic carbocycles. The summed E-state index contributed by atoms with van der Waals surface area (Å²) in [6.45, 7) is 0. The second-order valence-corrected chi connectivity index (χ2v) is 1.59. The molecule has 0 heterocycles. The van der Waals surface area contributed by atoms with E-state index >= 15 is 0 Å². The molecule has 0 rings (SSSR count). The summed E-state index contributed by atoms with van der Waals surface area (Å²) in [7, 11) is 0. The number of nitrogens with zero attached hydrogens (tertiary/aromatic N) is 1. The van der Waals surface area contributed by atoms with E-state index in [1.165, 1.54) is 0 Å². The number of rotatable bonds is 3. The molecule has 0 saturated heterocycles. The minimum atomic E-state index is -1.53. The van der Waals surface area contributed by atoms with E-state index in [0.717, 1.165) is 0 Å². The number of alkyl halides is 1. The van der Waals surface area contributed by atoms with Gasteiger partial charge in [-0.1, -0.05) is 0 Å². The first-order chi connectivity index (χ1) is 4.63. The van der Waals surface area contributed by atoms with E-state index in [9.17, 15) is 9.59 Å². The molecule has 0 saturated carbocycles. The second kappa shape index (κ2) is 3.76. The van der Waals surface area contributed by atoms with E-state index in [1.807, 2.05) is 0 Å². The van der Waals surface area contributed by atoms with Crippen molar-refractivity contribution in [3.63, 3.8) is 0 Å². The van der Waals surface area contributed by atoms with Crippen molar-refractivity contribution in [2.24, 2.45) is 0 Å². The summed E-state index contributed by atoms with van der Waals surface area (Å²) in [4.78, 5) is 22.9. The van der Waals surface area contributed by atoms with Crippen LogP contribution in [0.3, 0.4) is 0 Å². The maximum Gasteiger partial charge on any atom is 0.491 e. The molecule has 5 nitrogen and oxygen atoms in total. The number of Topliss-reactive ketones (excluding diaryl/α,β-unsaturated/α-hetero) is 1. The molecule has 10 heavy (non-hydrogen) atoms. The molecule has 54 valence electrons. The largest absolute Gasteiger partial charge is 0.491 e. The second-order valence-electron chi connectivity index (χ2n) is 1.32. The molecule has 0 bridgehead atoms. The Morgan fingerprint density at radius 1 is 1.60 bits per heavy atom. The lowest BCUT2D eigenvalue weighted by molar-refractivity contribution is -0.152. The lowest BCUT2D eigenvalue weighted by Crippen LogP contribution is -2.25. The summed E-state index contributed by atoms with van der Waals surface area (Å²) in [6.07, 6.45) is 0. The van der Waals surface area contributed by atoms with Crippen molar-refractivity contribution in [1.82, 2.24) is 0 Å². The van der Waals surface area contributed by atoms with Crippen molar-refractivity contribution in [3.8, 4) is 0 Å². The van der Waals surface area contributed by atoms with E-state index in [1.54, 1.807) is 0 Å². The van der Waals surface area contributed by atoms with E-state index in [0.29, 0.717) is 0 Å². The number of ketones is 1. The molecule has 0 aliphatic rings. The maximum absolute atomic E-state index is 10.4. The fourth-order valence-electron chi connectivity index (χ4n) is 0.293. The quantitative estimate of drug-likeness (QED) is 0.194. The van der Waals surface area contributed by atoms with Gasteiger partial charge in [-0.15, -0.1) is 11.6 Å². The number of carboxylic acids is 1. The van der Waals surface area contributed by atoms with Gasteiger partial charge >= 0.3 is 11.7 Å². The summed E-state index contributed by atoms with van der Waals surface area (Å²) in [5, 5.41) is 8.14. The van der Waals surface area contributed by atoms with Crippen LogP contribution in [0.25, 0.3) is 0 Å². The first-order valence-electron chi connectivity index (χ1n) is 2.20. The highest BCUT2D eigenvalue weighted by atomic mass is 35.5. The summed E-state index contributed by atoms with van der Waals surface area (Å²) in [6, 6.07) is 0. The first-order valence-corrected chi connectivity index (χ1v) is 2.73. The lowest BCUT2D eigenvalue weighted by atomic mass is 10.3. The van der Waals surface area contributed by atoms with Crippen molar-refractivity contribution in [1.29, 1.82) is 5.53 Å². The van der Waals surface area contributed by atoms with Crippen molar-refractivity contribution in [2.75, 3.05) is 5.88 Å². The molecule has 0 amide bonds. The molecule has 0 atom stereocenters. The van der Waals surface area contributed by atoms with Gasteiger partial charge < -0.3 is 5.11 Å². The van der Waals surface area contributed by atoms with Crippen LogP contribution in [-0.2, 0) is 9.59 Å². The molecule has 0 aliphatic heterocycles. The Bertz CT molecular complexity index is 219. The Morgan fingerprint density at radius 2 is 2.10 bits per heavy atom. The predicted octanol–water partition coefficient (Wildman–Crippen LogP) is -0.441. The van der Waals surface area contributed by atoms with Gasteiger partial charge in [-0.05, 0) is 0 Å². The number of aliphatic carboxylic acids is 1. The zero-order valence-corrected chi connectivity index (χ0v) is 5.55. The fourth-order valence-corrected chi connectivity index (χ4v) is 0.419. The third-order valence-corrected chi connectivity index (χ3v) is 0.943. The molecule has 0 radical (unpaired) electrons. The van der Waals surface area contributed by atoms with Crippen LogP contribution in [0.4, 0.5) is 0 Å². The van der Waals surface area contributed by atoms with E-state index in [2.05, 4.69) is 4.79 Å². The topological polar surface area (TPSA) is 92.3 Å². The molecule has 0 fully saturated rings. The molecule has 0 spiro atoms. The van der Waals surface area contributed by atoms with E-state index < -0.39 is 23.3 Å². The van der Waals surface area contributed by atoms with Crippen molar-refractivity contribution >= 4 is 29.1 Å². The van der Waals surface area contributed by atoms with Gasteiger partial charge in [0.05, 0.1) is 16.2 Å². The van der Waals surface area contributed by atoms with E-state index in [-0.39, 0.29) is 0 Å². The number of nitrogens with one attached hydrogen (secondary N) is 1. The molecule has 0 aromatic rings. The minimum Gasteiger partial charge on any atom is -0.472 e. The van der Waals surface area contributed by atoms with Crippen molar-refractivity contribution in [3.05, 3.63) is 0 Å². The summed E-state index contributed by atoms with van der Waals surface area (Å²) < 4.78 is 0. The molecule has 0 unspecified atom stereocenters. The number of carbonyl (C=O) groups is 2. The predicted molar refractivity (Wildman–Crippen MR) is 31.3 cm³/mol. The Hall–Kier alpha value is -1.19. The Balaban J connectivity index is 4.56. The van der Waals surface area contributed by atoms with Gasteiger partial charge in [0.2, 0.25) is 0 Å². The molecule has 0 aliphatic carbocycles. The highest BCUT2D eigenvalue weighted by Gasteiger charge is 2.30. The third kappa shape index (κ3) is 1.97. The van der Waals surface area contributed by atoms with Gasteiger partial charge in [-0.3, -0.25) is 4.79 Å². The van der Waals surface area contributed by atoms with Gasteiger partial charge in [0.15, 0.2) is 0 Å². The van der Waals surface area contributed by atoms with Gasteiger partial charge in [0.25, 0.3) is 5.78 Å². The average molecular weight is 164 g/mol. The van der Waals surface area contributed by atoms with Gasteiger partial charge in [-0.25, -0.2) is 4.79 Å². The minimum absolute atomic E-state index is 0.468. The monoisotopic (exact) mass is 163 g/mol. The summed E-state index contributed by atoms with van der Waals surface area (Å²) in [5.41, 5.74) is 5.41. The van der Waals surface area contributed by atoms with Crippen LogP contribution < -0.4 is 0 Å². The normalized spacial score (nSPS) is 8.10. The van der Waals surface area contributed by atoms with Crippen molar-refractivity contribution < 1.29 is 19.5 Å². The Morgan fingerprint density at radius 3 is 2.20 bits per heavy atom. The summed E-state index contributed by atoms with van der Waals surface area (Å²) in [5.74, 6) is -2.85. The van der Waals surface area contributed by atoms with Crippen LogP contribution in [0, 0.1) is 5.53 Å². The first kappa shape index (κ1) is 8.81. The fraction of sp³-hybridized carbons (Fsp3) is 0.250. The molecule has 2 N–H and O–H groups in total. The number of carboxylic acid groups (broad SMARTS) is 1. The van der Waals surface area contributed by atoms with Gasteiger partial charge in [-0.2, -0.15) is 0 Å². The Labute approximate surface area is 60.8 Å². The molecular formula is C4H4ClN2O3+. The average Bonchev–Trinajstić information content (AvgIpc) is 1.88. The van der Waals surface area contributed by atoms with E-state index in [4.69, 9.17) is 22.2 Å². The number of hydrogen-bond donors (Lipinski definition) is 2. The standard InChI is InChI=1S/C4H3ClN2O3/c5-1-2(8)3(7-6)4(9)10/h6H,1H2/p+1. The molecule has 0 aromatic heterocycles. The van der Waals surface area contributed by atoms with Crippen LogP contribution >= 0.6 is 11.6 Å². The number of carbonyl (C=O) groups excluding carboxylic acids is 1. The maximum atomic E-state index is 10.4. The highest BCUT2D eigenvalue weighted by molar-refractivity contribution is 6.65. The molecular weight excluding hydrogens is 160 g/mol. The van der Waals surface area contributed by atoms with Gasteiger partial charge in [0, 0.05) is 0 Å². The molecule has 6 heteroatoms. The third-order valence-electron chi connectivity index (χ3n) is 0.700. The zero-order chi connectivity index (χ0) is 8.15. The van der Waals surface area contributed by atoms with Crippen molar-refractivity contribution in [2.45, 2.75) is 0 Å². The Kier molecular flexibility index (Phi) is 3.32. The number of halogens is 1. The zero-order valence-electron chi connectivity index (χ0n) is 4.80. The van der Waals surface area contributed by atoms with Crippen LogP contribution in [0.15, 0.2) is 0 Å². The van der Waals surface area contributed by atoms with Gasteiger partial charge in [0.1, 0.15) is 0 Å². The SMILES string of the molecule is N=[N+]=C(C(=O)O)C(=O)CCl. The van der Waals surface area contributed by atoms with Crippen LogP contribution in [0.2, 0.25) is 0 Å². The highest BCUT2D eigenvalue weighted by Crippen LogP contribution is 1.81. The number of hydrogen-bond acceptors (Lipinski definition) is 3. The summed E-state index contributed by atoms with van der Waals surface area (Å²) >= 11 is 4.99. The van der Waals surface area contributed by atoms with Crippen LogP contribution in [0.5, 0.6) is 0 Å². The lowest BCUT2D eigenvalue weighted by Gasteiger charge is -1.78. The van der Waals surface area contributed by atoms with Crippen LogP contribution in [-0.4, -0.2) is 33.2 Å².